The van der Waals surface area contributed by atoms with Gasteiger partial charge < -0.3 is 15.0 Å². The minimum atomic E-state index is -3.75. The summed E-state index contributed by atoms with van der Waals surface area (Å²) in [6.07, 6.45) is 0.626. The highest BCUT2D eigenvalue weighted by atomic mass is 32.2. The van der Waals surface area contributed by atoms with E-state index in [9.17, 15) is 18.0 Å². The average Bonchev–Trinajstić information content (AvgIpc) is 3.16. The van der Waals surface area contributed by atoms with Crippen LogP contribution in [0.15, 0.2) is 47.4 Å². The molecule has 0 saturated heterocycles. The van der Waals surface area contributed by atoms with Crippen molar-refractivity contribution in [1.29, 1.82) is 0 Å². The number of hydrogen-bond donors (Lipinski definition) is 2. The van der Waals surface area contributed by atoms with Gasteiger partial charge in [-0.15, -0.1) is 0 Å². The molecular formula is C21H25N3O5S. The number of carbonyl (C=O) groups excluding carboxylic acids is 2. The molecule has 3 rings (SSSR count). The fraction of sp³-hybridized carbons (Fsp3) is 0.333. The van der Waals surface area contributed by atoms with Crippen molar-refractivity contribution < 1.29 is 22.7 Å². The van der Waals surface area contributed by atoms with Gasteiger partial charge in [0.25, 0.3) is 0 Å². The van der Waals surface area contributed by atoms with E-state index in [1.807, 2.05) is 24.3 Å². The van der Waals surface area contributed by atoms with Crippen LogP contribution < -0.4 is 19.7 Å². The molecule has 0 aliphatic carbocycles. The maximum absolute atomic E-state index is 12.6. The SMILES string of the molecule is COc1ccccc1CNC(=O)CCNS(=O)(=O)c1ccc2c(c1)CCN2C(C)=O. The summed E-state index contributed by atoms with van der Waals surface area (Å²) in [5, 5.41) is 2.76. The Labute approximate surface area is 176 Å². The standard InChI is InChI=1S/C21H25N3O5S/c1-15(25)24-12-10-16-13-18(7-8-19(16)24)30(27,28)23-11-9-21(26)22-14-17-5-3-4-6-20(17)29-2/h3-8,13,23H,9-12,14H2,1-2H3,(H,22,26). The molecule has 0 radical (unpaired) electrons. The second-order valence-corrected chi connectivity index (χ2v) is 8.71. The fourth-order valence-corrected chi connectivity index (χ4v) is 4.47. The summed E-state index contributed by atoms with van der Waals surface area (Å²) in [5.41, 5.74) is 2.41. The molecule has 0 aromatic heterocycles. The van der Waals surface area contributed by atoms with Crippen LogP contribution in [0, 0.1) is 0 Å². The summed E-state index contributed by atoms with van der Waals surface area (Å²) < 4.78 is 32.8. The number of benzene rings is 2. The lowest BCUT2D eigenvalue weighted by Crippen LogP contribution is -2.30. The summed E-state index contributed by atoms with van der Waals surface area (Å²) in [6, 6.07) is 12.1. The third-order valence-electron chi connectivity index (χ3n) is 4.95. The van der Waals surface area contributed by atoms with Crippen molar-refractivity contribution in [3.63, 3.8) is 0 Å². The number of fused-ring (bicyclic) bond motifs is 1. The highest BCUT2D eigenvalue weighted by Crippen LogP contribution is 2.30. The zero-order chi connectivity index (χ0) is 21.7. The molecule has 0 fully saturated rings. The monoisotopic (exact) mass is 431 g/mol. The van der Waals surface area contributed by atoms with Gasteiger partial charge in [-0.25, -0.2) is 13.1 Å². The minimum absolute atomic E-state index is 0.0113. The van der Waals surface area contributed by atoms with Crippen LogP contribution in [0.3, 0.4) is 0 Å². The minimum Gasteiger partial charge on any atom is -0.496 e. The Morgan fingerprint density at radius 2 is 1.93 bits per heavy atom. The Hall–Kier alpha value is -2.91. The number of hydrogen-bond acceptors (Lipinski definition) is 5. The largest absolute Gasteiger partial charge is 0.496 e. The third-order valence-corrected chi connectivity index (χ3v) is 6.41. The smallest absolute Gasteiger partial charge is 0.240 e. The zero-order valence-corrected chi connectivity index (χ0v) is 17.8. The van der Waals surface area contributed by atoms with E-state index in [0.29, 0.717) is 25.3 Å². The van der Waals surface area contributed by atoms with Gasteiger partial charge in [-0.1, -0.05) is 18.2 Å². The van der Waals surface area contributed by atoms with E-state index in [4.69, 9.17) is 4.74 Å². The molecule has 2 aromatic rings. The molecular weight excluding hydrogens is 406 g/mol. The molecule has 0 saturated carbocycles. The van der Waals surface area contributed by atoms with E-state index in [0.717, 1.165) is 16.8 Å². The van der Waals surface area contributed by atoms with Gasteiger partial charge in [0.2, 0.25) is 21.8 Å². The molecule has 2 aromatic carbocycles. The first kappa shape index (κ1) is 21.8. The second kappa shape index (κ2) is 9.27. The maximum atomic E-state index is 12.6. The van der Waals surface area contributed by atoms with Crippen LogP contribution >= 0.6 is 0 Å². The molecule has 9 heteroatoms. The molecule has 0 atom stereocenters. The average molecular weight is 432 g/mol. The Balaban J connectivity index is 1.53. The van der Waals surface area contributed by atoms with Crippen LogP contribution in [0.5, 0.6) is 5.75 Å². The number of rotatable bonds is 8. The van der Waals surface area contributed by atoms with Gasteiger partial charge in [0.15, 0.2) is 0 Å². The van der Waals surface area contributed by atoms with Crippen molar-refractivity contribution in [1.82, 2.24) is 10.0 Å². The van der Waals surface area contributed by atoms with Crippen molar-refractivity contribution in [2.45, 2.75) is 31.2 Å². The van der Waals surface area contributed by atoms with E-state index >= 15 is 0 Å². The Morgan fingerprint density at radius 3 is 2.67 bits per heavy atom. The third kappa shape index (κ3) is 4.98. The number of anilines is 1. The molecule has 0 bridgehead atoms. The van der Waals surface area contributed by atoms with Crippen LogP contribution in [0.1, 0.15) is 24.5 Å². The lowest BCUT2D eigenvalue weighted by molar-refractivity contribution is -0.121. The van der Waals surface area contributed by atoms with Gasteiger partial charge in [0, 0.05) is 44.2 Å². The van der Waals surface area contributed by atoms with Gasteiger partial charge in [-0.3, -0.25) is 9.59 Å². The van der Waals surface area contributed by atoms with E-state index in [2.05, 4.69) is 10.0 Å². The number of methoxy groups -OCH3 is 1. The van der Waals surface area contributed by atoms with Crippen LogP contribution in [0.4, 0.5) is 5.69 Å². The van der Waals surface area contributed by atoms with E-state index < -0.39 is 10.0 Å². The van der Waals surface area contributed by atoms with Gasteiger partial charge in [0.1, 0.15) is 5.75 Å². The van der Waals surface area contributed by atoms with Crippen molar-refractivity contribution in [3.05, 3.63) is 53.6 Å². The van der Waals surface area contributed by atoms with E-state index in [1.54, 1.807) is 24.1 Å². The summed E-state index contributed by atoms with van der Waals surface area (Å²) in [5.74, 6) is 0.342. The molecule has 0 spiro atoms. The summed E-state index contributed by atoms with van der Waals surface area (Å²) in [6.45, 7) is 2.32. The normalized spacial score (nSPS) is 13.1. The maximum Gasteiger partial charge on any atom is 0.240 e. The van der Waals surface area contributed by atoms with Crippen LogP contribution in [0.2, 0.25) is 0 Å². The molecule has 2 amide bonds. The summed E-state index contributed by atoms with van der Waals surface area (Å²) in [4.78, 5) is 25.4. The van der Waals surface area contributed by atoms with E-state index in [-0.39, 0.29) is 29.7 Å². The zero-order valence-electron chi connectivity index (χ0n) is 17.0. The topological polar surface area (TPSA) is 105 Å². The highest BCUT2D eigenvalue weighted by Gasteiger charge is 2.24. The van der Waals surface area contributed by atoms with Crippen molar-refractivity contribution in [2.75, 3.05) is 25.1 Å². The van der Waals surface area contributed by atoms with Crippen LogP contribution in [-0.2, 0) is 32.6 Å². The Morgan fingerprint density at radius 1 is 1.17 bits per heavy atom. The number of para-hydroxylation sites is 1. The second-order valence-electron chi connectivity index (χ2n) is 6.95. The predicted octanol–water partition coefficient (Wildman–Crippen LogP) is 1.59. The number of nitrogens with zero attached hydrogens (tertiary/aromatic N) is 1. The highest BCUT2D eigenvalue weighted by molar-refractivity contribution is 7.89. The molecule has 8 nitrogen and oxygen atoms in total. The fourth-order valence-electron chi connectivity index (χ4n) is 3.39. The lowest BCUT2D eigenvalue weighted by Gasteiger charge is -2.15. The Bertz CT molecular complexity index is 1050. The van der Waals surface area contributed by atoms with Crippen molar-refractivity contribution >= 4 is 27.5 Å². The number of ether oxygens (including phenoxy) is 1. The predicted molar refractivity (Wildman–Crippen MR) is 113 cm³/mol. The van der Waals surface area contributed by atoms with Crippen LogP contribution in [-0.4, -0.2) is 40.4 Å². The number of nitrogens with one attached hydrogen (secondary N) is 2. The number of carbonyl (C=O) groups is 2. The molecule has 30 heavy (non-hydrogen) atoms. The van der Waals surface area contributed by atoms with Crippen molar-refractivity contribution in [2.24, 2.45) is 0 Å². The molecule has 1 heterocycles. The lowest BCUT2D eigenvalue weighted by atomic mass is 10.2. The summed E-state index contributed by atoms with van der Waals surface area (Å²) >= 11 is 0. The molecule has 1 aliphatic rings. The van der Waals surface area contributed by atoms with Gasteiger partial charge >= 0.3 is 0 Å². The first-order chi connectivity index (χ1) is 14.3. The first-order valence-electron chi connectivity index (χ1n) is 9.61. The molecule has 0 unspecified atom stereocenters. The van der Waals surface area contributed by atoms with Crippen LogP contribution in [0.25, 0.3) is 0 Å². The molecule has 2 N–H and O–H groups in total. The first-order valence-corrected chi connectivity index (χ1v) is 11.1. The molecule has 160 valence electrons. The number of amides is 2. The van der Waals surface area contributed by atoms with Gasteiger partial charge in [-0.05, 0) is 36.2 Å². The quantitative estimate of drug-likeness (QED) is 0.660. The number of sulfonamides is 1. The summed E-state index contributed by atoms with van der Waals surface area (Å²) in [7, 11) is -2.18. The molecule has 1 aliphatic heterocycles. The van der Waals surface area contributed by atoms with Gasteiger partial charge in [-0.2, -0.15) is 0 Å². The van der Waals surface area contributed by atoms with E-state index in [1.165, 1.54) is 13.0 Å². The van der Waals surface area contributed by atoms with Gasteiger partial charge in [0.05, 0.1) is 12.0 Å². The van der Waals surface area contributed by atoms with Crippen molar-refractivity contribution in [3.8, 4) is 5.75 Å². The Kier molecular flexibility index (Phi) is 6.73.